The minimum Gasteiger partial charge on any atom is -0.248 e. The van der Waals surface area contributed by atoms with Gasteiger partial charge >= 0.3 is 0 Å². The molecule has 0 saturated carbocycles. The molecule has 68 valence electrons. The van der Waals surface area contributed by atoms with E-state index in [0.717, 1.165) is 17.8 Å². The van der Waals surface area contributed by atoms with Crippen LogP contribution in [0.3, 0.4) is 0 Å². The predicted octanol–water partition coefficient (Wildman–Crippen LogP) is 1.70. The maximum atomic E-state index is 5.22. The van der Waals surface area contributed by atoms with Gasteiger partial charge in [0.1, 0.15) is 0 Å². The third-order valence-corrected chi connectivity index (χ3v) is 1.96. The Hall–Kier alpha value is -1.35. The van der Waals surface area contributed by atoms with Gasteiger partial charge in [-0.15, -0.1) is 0 Å². The Kier molecular flexibility index (Phi) is 2.27. The Bertz CT molecular complexity index is 308. The van der Waals surface area contributed by atoms with Crippen LogP contribution < -0.4 is 5.48 Å². The van der Waals surface area contributed by atoms with Gasteiger partial charge in [0.05, 0.1) is 0 Å². The molecule has 0 spiro atoms. The first kappa shape index (κ1) is 8.26. The van der Waals surface area contributed by atoms with Crippen LogP contribution in [0.1, 0.15) is 18.9 Å². The van der Waals surface area contributed by atoms with Crippen molar-refractivity contribution in [1.29, 1.82) is 0 Å². The van der Waals surface area contributed by atoms with E-state index in [1.54, 1.807) is 0 Å². The van der Waals surface area contributed by atoms with Crippen LogP contribution >= 0.6 is 0 Å². The standard InChI is InChI=1S/C10H12N2O/c1-2-9-11-10(12-13-9)8-6-4-3-5-7-8/h3-7,9H,2H2,1H3,(H,11,12). The third kappa shape index (κ3) is 1.70. The summed E-state index contributed by atoms with van der Waals surface area (Å²) in [5.41, 5.74) is 3.89. The molecule has 1 unspecified atom stereocenters. The normalized spacial score (nSPS) is 21.0. The van der Waals surface area contributed by atoms with Gasteiger partial charge < -0.3 is 0 Å². The third-order valence-electron chi connectivity index (χ3n) is 1.96. The zero-order chi connectivity index (χ0) is 9.10. The zero-order valence-corrected chi connectivity index (χ0v) is 7.53. The van der Waals surface area contributed by atoms with Crippen molar-refractivity contribution >= 4 is 5.84 Å². The molecule has 1 heterocycles. The minimum atomic E-state index is -0.0322. The highest BCUT2D eigenvalue weighted by Gasteiger charge is 2.16. The van der Waals surface area contributed by atoms with Crippen LogP contribution in [-0.4, -0.2) is 12.1 Å². The lowest BCUT2D eigenvalue weighted by Crippen LogP contribution is -2.18. The number of hydroxylamine groups is 1. The second-order valence-corrected chi connectivity index (χ2v) is 2.93. The fourth-order valence-electron chi connectivity index (χ4n) is 1.22. The van der Waals surface area contributed by atoms with E-state index in [4.69, 9.17) is 4.84 Å². The van der Waals surface area contributed by atoms with Gasteiger partial charge in [0.2, 0.25) is 0 Å². The molecule has 1 aliphatic heterocycles. The maximum Gasteiger partial charge on any atom is 0.177 e. The van der Waals surface area contributed by atoms with Gasteiger partial charge in [0.15, 0.2) is 12.1 Å². The molecule has 0 fully saturated rings. The van der Waals surface area contributed by atoms with Crippen molar-refractivity contribution in [2.45, 2.75) is 19.6 Å². The van der Waals surface area contributed by atoms with Crippen LogP contribution in [0.5, 0.6) is 0 Å². The van der Waals surface area contributed by atoms with Gasteiger partial charge in [0, 0.05) is 5.56 Å². The van der Waals surface area contributed by atoms with Crippen molar-refractivity contribution in [2.24, 2.45) is 4.99 Å². The van der Waals surface area contributed by atoms with Crippen molar-refractivity contribution in [2.75, 3.05) is 0 Å². The lowest BCUT2D eigenvalue weighted by Gasteiger charge is -2.00. The fraction of sp³-hybridized carbons (Fsp3) is 0.300. The highest BCUT2D eigenvalue weighted by atomic mass is 16.7. The van der Waals surface area contributed by atoms with E-state index in [2.05, 4.69) is 10.5 Å². The molecule has 13 heavy (non-hydrogen) atoms. The Labute approximate surface area is 77.4 Å². The van der Waals surface area contributed by atoms with E-state index in [1.165, 1.54) is 0 Å². The molecular weight excluding hydrogens is 164 g/mol. The second-order valence-electron chi connectivity index (χ2n) is 2.93. The van der Waals surface area contributed by atoms with E-state index in [1.807, 2.05) is 37.3 Å². The number of aliphatic imine (C=N–C) groups is 1. The molecule has 0 saturated heterocycles. The fourth-order valence-corrected chi connectivity index (χ4v) is 1.22. The van der Waals surface area contributed by atoms with Gasteiger partial charge in [-0.1, -0.05) is 37.3 Å². The largest absolute Gasteiger partial charge is 0.248 e. The smallest absolute Gasteiger partial charge is 0.177 e. The molecule has 1 aliphatic rings. The summed E-state index contributed by atoms with van der Waals surface area (Å²) in [6, 6.07) is 9.97. The summed E-state index contributed by atoms with van der Waals surface area (Å²) >= 11 is 0. The molecular formula is C10H12N2O. The summed E-state index contributed by atoms with van der Waals surface area (Å²) in [6.07, 6.45) is 0.860. The van der Waals surface area contributed by atoms with E-state index in [-0.39, 0.29) is 6.23 Å². The lowest BCUT2D eigenvalue weighted by molar-refractivity contribution is 0.0364. The summed E-state index contributed by atoms with van der Waals surface area (Å²) in [6.45, 7) is 2.05. The molecule has 2 rings (SSSR count). The Balaban J connectivity index is 2.19. The van der Waals surface area contributed by atoms with E-state index >= 15 is 0 Å². The summed E-state index contributed by atoms with van der Waals surface area (Å²) in [5.74, 6) is 0.826. The Morgan fingerprint density at radius 1 is 1.38 bits per heavy atom. The summed E-state index contributed by atoms with van der Waals surface area (Å²) in [5, 5.41) is 0. The van der Waals surface area contributed by atoms with Crippen LogP contribution in [0, 0.1) is 0 Å². The van der Waals surface area contributed by atoms with Gasteiger partial charge in [-0.25, -0.2) is 15.3 Å². The number of hydrogen-bond acceptors (Lipinski definition) is 3. The van der Waals surface area contributed by atoms with Crippen LogP contribution in [0.15, 0.2) is 35.3 Å². The Morgan fingerprint density at radius 2 is 2.15 bits per heavy atom. The van der Waals surface area contributed by atoms with E-state index in [0.29, 0.717) is 0 Å². The van der Waals surface area contributed by atoms with Crippen LogP contribution in [-0.2, 0) is 4.84 Å². The predicted molar refractivity (Wildman–Crippen MR) is 51.3 cm³/mol. The quantitative estimate of drug-likeness (QED) is 0.744. The highest BCUT2D eigenvalue weighted by molar-refractivity contribution is 5.98. The van der Waals surface area contributed by atoms with Gasteiger partial charge in [-0.2, -0.15) is 0 Å². The number of rotatable bonds is 2. The van der Waals surface area contributed by atoms with Crippen molar-refractivity contribution in [1.82, 2.24) is 5.48 Å². The molecule has 1 aromatic carbocycles. The van der Waals surface area contributed by atoms with Gasteiger partial charge in [-0.3, -0.25) is 0 Å². The number of amidine groups is 1. The van der Waals surface area contributed by atoms with E-state index < -0.39 is 0 Å². The van der Waals surface area contributed by atoms with Gasteiger partial charge in [0.25, 0.3) is 0 Å². The van der Waals surface area contributed by atoms with Crippen LogP contribution in [0.4, 0.5) is 0 Å². The van der Waals surface area contributed by atoms with Crippen molar-refractivity contribution < 1.29 is 4.84 Å². The zero-order valence-electron chi connectivity index (χ0n) is 7.53. The molecule has 0 amide bonds. The number of benzene rings is 1. The number of nitrogens with one attached hydrogen (secondary N) is 1. The van der Waals surface area contributed by atoms with Crippen LogP contribution in [0.25, 0.3) is 0 Å². The average molecular weight is 176 g/mol. The monoisotopic (exact) mass is 176 g/mol. The molecule has 1 aromatic rings. The molecule has 0 bridgehead atoms. The highest BCUT2D eigenvalue weighted by Crippen LogP contribution is 2.09. The van der Waals surface area contributed by atoms with E-state index in [9.17, 15) is 0 Å². The minimum absolute atomic E-state index is 0.0322. The maximum absolute atomic E-state index is 5.22. The van der Waals surface area contributed by atoms with Gasteiger partial charge in [-0.05, 0) is 6.42 Å². The summed E-state index contributed by atoms with van der Waals surface area (Å²) < 4.78 is 0. The first-order valence-electron chi connectivity index (χ1n) is 4.45. The van der Waals surface area contributed by atoms with Crippen LogP contribution in [0.2, 0.25) is 0 Å². The second kappa shape index (κ2) is 3.58. The first-order valence-corrected chi connectivity index (χ1v) is 4.45. The molecule has 1 N–H and O–H groups in total. The molecule has 0 radical (unpaired) electrons. The lowest BCUT2D eigenvalue weighted by atomic mass is 10.2. The van der Waals surface area contributed by atoms with Crippen molar-refractivity contribution in [3.05, 3.63) is 35.9 Å². The number of nitrogens with zero attached hydrogens (tertiary/aromatic N) is 1. The SMILES string of the molecule is CCC1N=C(c2ccccc2)NO1. The molecule has 0 aromatic heterocycles. The molecule has 1 atom stereocenters. The topological polar surface area (TPSA) is 33.6 Å². The summed E-state index contributed by atoms with van der Waals surface area (Å²) in [7, 11) is 0. The Morgan fingerprint density at radius 3 is 2.77 bits per heavy atom. The average Bonchev–Trinajstić information content (AvgIpc) is 2.67. The molecule has 3 heteroatoms. The molecule has 3 nitrogen and oxygen atoms in total. The first-order chi connectivity index (χ1) is 6.40. The van der Waals surface area contributed by atoms with Crippen molar-refractivity contribution in [3.8, 4) is 0 Å². The summed E-state index contributed by atoms with van der Waals surface area (Å²) in [4.78, 5) is 9.58. The molecule has 0 aliphatic carbocycles. The van der Waals surface area contributed by atoms with Crippen molar-refractivity contribution in [3.63, 3.8) is 0 Å². The number of hydrogen-bond donors (Lipinski definition) is 1.